The number of alkyl carbamates (subject to hydrolysis) is 1. The third-order valence-electron chi connectivity index (χ3n) is 5.86. The molecule has 0 aromatic heterocycles. The van der Waals surface area contributed by atoms with Crippen molar-refractivity contribution in [3.8, 4) is 0 Å². The number of amides is 1. The number of hydrogen-bond acceptors (Lipinski definition) is 11. The minimum atomic E-state index is -2.98. The quantitative estimate of drug-likeness (QED) is 0.277. The molecule has 1 aliphatic rings. The van der Waals surface area contributed by atoms with Crippen LogP contribution in [0.2, 0.25) is 0 Å². The Kier molecular flexibility index (Phi) is 15.4. The van der Waals surface area contributed by atoms with E-state index in [1.807, 2.05) is 23.6 Å². The lowest BCUT2D eigenvalue weighted by Crippen LogP contribution is -2.51. The summed E-state index contributed by atoms with van der Waals surface area (Å²) >= 11 is 0. The summed E-state index contributed by atoms with van der Waals surface area (Å²) in [5, 5.41) is 2.86. The number of hydrogen-bond donors (Lipinski definition) is 1. The molecule has 1 N–H and O–H groups in total. The summed E-state index contributed by atoms with van der Waals surface area (Å²) in [5.41, 5.74) is -0.649. The maximum Gasteiger partial charge on any atom is 0.407 e. The van der Waals surface area contributed by atoms with Crippen molar-refractivity contribution in [2.75, 3.05) is 97.9 Å². The van der Waals surface area contributed by atoms with Gasteiger partial charge in [-0.3, -0.25) is 28.4 Å². The number of rotatable bonds is 14. The number of carbonyl (C=O) groups excluding carboxylic acids is 1. The molecule has 1 rings (SSSR count). The molecule has 0 radical (unpaired) electrons. The number of nitrogens with zero attached hydrogens (tertiary/aromatic N) is 3. The van der Waals surface area contributed by atoms with Crippen LogP contribution in [-0.2, 0) is 32.0 Å². The van der Waals surface area contributed by atoms with E-state index in [1.165, 1.54) is 0 Å². The highest BCUT2D eigenvalue weighted by Crippen LogP contribution is 2.46. The van der Waals surface area contributed by atoms with E-state index in [-0.39, 0.29) is 31.4 Å². The van der Waals surface area contributed by atoms with Gasteiger partial charge >= 0.3 is 6.09 Å². The monoisotopic (exact) mass is 618 g/mol. The van der Waals surface area contributed by atoms with Crippen molar-refractivity contribution in [3.63, 3.8) is 0 Å². The van der Waals surface area contributed by atoms with Gasteiger partial charge in [-0.05, 0) is 41.5 Å². The molecule has 0 aromatic rings. The van der Waals surface area contributed by atoms with Crippen molar-refractivity contribution in [2.24, 2.45) is 0 Å². The summed E-state index contributed by atoms with van der Waals surface area (Å²) in [6, 6.07) is -0.284. The van der Waals surface area contributed by atoms with E-state index in [0.717, 1.165) is 0 Å². The molecular formula is C24H53N4O8P3. The van der Waals surface area contributed by atoms with Crippen LogP contribution in [-0.4, -0.2) is 130 Å². The molecule has 0 aliphatic carbocycles. The van der Waals surface area contributed by atoms with Crippen LogP contribution in [0.4, 0.5) is 4.79 Å². The van der Waals surface area contributed by atoms with Gasteiger partial charge in [0.2, 0.25) is 22.1 Å². The number of carbonyl (C=O) groups is 1. The molecule has 1 saturated heterocycles. The highest BCUT2D eigenvalue weighted by atomic mass is 31.2. The van der Waals surface area contributed by atoms with Gasteiger partial charge in [0, 0.05) is 65.3 Å². The zero-order chi connectivity index (χ0) is 29.9. The highest BCUT2D eigenvalue weighted by molar-refractivity contribution is 7.58. The Morgan fingerprint density at radius 1 is 0.769 bits per heavy atom. The van der Waals surface area contributed by atoms with Gasteiger partial charge in [-0.15, -0.1) is 0 Å². The topological polar surface area (TPSA) is 127 Å². The first-order valence-corrected chi connectivity index (χ1v) is 20.5. The van der Waals surface area contributed by atoms with Crippen molar-refractivity contribution in [1.29, 1.82) is 0 Å². The molecular weight excluding hydrogens is 565 g/mol. The first-order chi connectivity index (χ1) is 17.9. The fraction of sp³-hybridized carbons (Fsp3) is 0.958. The average Bonchev–Trinajstić information content (AvgIpc) is 2.81. The van der Waals surface area contributed by atoms with Crippen molar-refractivity contribution < 1.29 is 36.8 Å². The number of nitrogens with one attached hydrogen (secondary N) is 1. The Balaban J connectivity index is 3.34. The third-order valence-corrected chi connectivity index (χ3v) is 11.0. The fourth-order valence-electron chi connectivity index (χ4n) is 4.52. The maximum atomic E-state index is 13.3. The first-order valence-electron chi connectivity index (χ1n) is 13.7. The van der Waals surface area contributed by atoms with Crippen molar-refractivity contribution in [3.05, 3.63) is 0 Å². The summed E-state index contributed by atoms with van der Waals surface area (Å²) in [6.45, 7) is 19.5. The smallest absolute Gasteiger partial charge is 0.407 e. The van der Waals surface area contributed by atoms with E-state index in [1.54, 1.807) is 47.7 Å². The molecule has 12 nitrogen and oxygen atoms in total. The van der Waals surface area contributed by atoms with E-state index < -0.39 is 33.8 Å². The molecule has 0 spiro atoms. The fourth-order valence-corrected chi connectivity index (χ4v) is 9.42. The van der Waals surface area contributed by atoms with Crippen LogP contribution in [0.5, 0.6) is 0 Å². The van der Waals surface area contributed by atoms with Crippen LogP contribution < -0.4 is 5.32 Å². The summed E-state index contributed by atoms with van der Waals surface area (Å²) in [6.07, 6.45) is 0.122. The van der Waals surface area contributed by atoms with Crippen molar-refractivity contribution >= 4 is 28.2 Å². The zero-order valence-electron chi connectivity index (χ0n) is 25.5. The lowest BCUT2D eigenvalue weighted by atomic mass is 10.2. The van der Waals surface area contributed by atoms with E-state index in [2.05, 4.69) is 10.2 Å². The van der Waals surface area contributed by atoms with Crippen LogP contribution >= 0.6 is 22.1 Å². The SMILES string of the molecule is CCOP(C)(=O)CN1CCN(CP(C)(=O)OCC)CC(CNC(=O)OC(C)(C)C)N(CP(C)(=O)OCC)CC1. The molecule has 15 heteroatoms. The normalized spacial score (nSPS) is 23.5. The number of ether oxygens (including phenoxy) is 1. The molecule has 0 bridgehead atoms. The van der Waals surface area contributed by atoms with Gasteiger partial charge < -0.3 is 23.6 Å². The van der Waals surface area contributed by atoms with Crippen molar-refractivity contribution in [2.45, 2.75) is 53.2 Å². The molecule has 0 aromatic carbocycles. The molecule has 1 aliphatic heterocycles. The van der Waals surface area contributed by atoms with Crippen molar-refractivity contribution in [1.82, 2.24) is 20.0 Å². The second-order valence-corrected chi connectivity index (χ2v) is 19.0. The van der Waals surface area contributed by atoms with Gasteiger partial charge in [0.15, 0.2) is 0 Å². The summed E-state index contributed by atoms with van der Waals surface area (Å²) in [5.74, 6) is 0. The Hall–Kier alpha value is -0.280. The van der Waals surface area contributed by atoms with E-state index >= 15 is 0 Å². The predicted molar refractivity (Wildman–Crippen MR) is 158 cm³/mol. The van der Waals surface area contributed by atoms with Gasteiger partial charge in [0.1, 0.15) is 5.60 Å². The molecule has 232 valence electrons. The summed E-state index contributed by atoms with van der Waals surface area (Å²) in [7, 11) is -8.77. The zero-order valence-corrected chi connectivity index (χ0v) is 28.2. The van der Waals surface area contributed by atoms with Crippen LogP contribution in [0.25, 0.3) is 0 Å². The van der Waals surface area contributed by atoms with Gasteiger partial charge in [0.05, 0.1) is 38.7 Å². The molecule has 1 heterocycles. The molecule has 0 saturated carbocycles. The first kappa shape index (κ1) is 36.7. The standard InChI is InChI=1S/C24H53N4O8P3/c1-10-33-37(7,30)19-26-13-14-27(20-38(8,31)34-11-2)18-22(17-25-23(29)36-24(4,5)6)28(16-15-26)21-39(9,32)35-12-3/h22H,10-21H2,1-9H3,(H,25,29). The molecule has 4 atom stereocenters. The maximum absolute atomic E-state index is 13.3. The Morgan fingerprint density at radius 2 is 1.21 bits per heavy atom. The van der Waals surface area contributed by atoms with E-state index in [4.69, 9.17) is 18.3 Å². The summed E-state index contributed by atoms with van der Waals surface area (Å²) in [4.78, 5) is 18.7. The van der Waals surface area contributed by atoms with Gasteiger partial charge in [-0.2, -0.15) is 0 Å². The van der Waals surface area contributed by atoms with E-state index in [0.29, 0.717) is 52.5 Å². The van der Waals surface area contributed by atoms with Crippen LogP contribution in [0.3, 0.4) is 0 Å². The Morgan fingerprint density at radius 3 is 1.69 bits per heavy atom. The molecule has 39 heavy (non-hydrogen) atoms. The van der Waals surface area contributed by atoms with Crippen LogP contribution in [0.1, 0.15) is 41.5 Å². The average molecular weight is 619 g/mol. The van der Waals surface area contributed by atoms with E-state index in [9.17, 15) is 18.5 Å². The summed E-state index contributed by atoms with van der Waals surface area (Å²) < 4.78 is 61.6. The molecule has 1 fully saturated rings. The lowest BCUT2D eigenvalue weighted by Gasteiger charge is -2.36. The van der Waals surface area contributed by atoms with Gasteiger partial charge in [-0.25, -0.2) is 4.79 Å². The molecule has 1 amide bonds. The minimum absolute atomic E-state index is 0.174. The molecule has 4 unspecified atom stereocenters. The van der Waals surface area contributed by atoms with Crippen LogP contribution in [0, 0.1) is 0 Å². The van der Waals surface area contributed by atoms with Crippen LogP contribution in [0.15, 0.2) is 0 Å². The predicted octanol–water partition coefficient (Wildman–Crippen LogP) is 4.51. The second-order valence-electron chi connectivity index (χ2n) is 11.3. The largest absolute Gasteiger partial charge is 0.444 e. The lowest BCUT2D eigenvalue weighted by molar-refractivity contribution is 0.0502. The van der Waals surface area contributed by atoms with Gasteiger partial charge in [0.25, 0.3) is 0 Å². The minimum Gasteiger partial charge on any atom is -0.444 e. The Bertz CT molecular complexity index is 901. The second kappa shape index (κ2) is 16.4. The third kappa shape index (κ3) is 16.1. The highest BCUT2D eigenvalue weighted by Gasteiger charge is 2.33. The Labute approximate surface area is 236 Å². The van der Waals surface area contributed by atoms with Gasteiger partial charge in [-0.1, -0.05) is 0 Å².